The highest BCUT2D eigenvalue weighted by Gasteiger charge is 2.22. The van der Waals surface area contributed by atoms with Gasteiger partial charge in [0, 0.05) is 16.3 Å². The third-order valence-electron chi connectivity index (χ3n) is 4.12. The first kappa shape index (κ1) is 16.5. The Morgan fingerprint density at radius 3 is 2.75 bits per heavy atom. The van der Waals surface area contributed by atoms with Crippen molar-refractivity contribution in [2.45, 2.75) is 32.6 Å². The fraction of sp³-hybridized carbons (Fsp3) is 0.316. The molecule has 0 aliphatic heterocycles. The Balaban J connectivity index is 2.22. The van der Waals surface area contributed by atoms with Crippen molar-refractivity contribution in [1.82, 2.24) is 4.98 Å². The molecule has 1 aliphatic carbocycles. The predicted octanol–water partition coefficient (Wildman–Crippen LogP) is 4.85. The number of halogens is 1. The standard InChI is InChI=1S/C19H18ClN3O/c1-2-24-12-22-19-16(11-21)18(13-7-9-14(20)10-8-13)15-5-3-4-6-17(15)23-19/h7-10,12H,2-6H2,1H3. The van der Waals surface area contributed by atoms with E-state index in [0.717, 1.165) is 48.1 Å². The molecule has 1 heterocycles. The quantitative estimate of drug-likeness (QED) is 0.591. The van der Waals surface area contributed by atoms with Gasteiger partial charge in [0.15, 0.2) is 12.2 Å². The first-order valence-electron chi connectivity index (χ1n) is 8.10. The normalized spacial score (nSPS) is 13.5. The highest BCUT2D eigenvalue weighted by molar-refractivity contribution is 6.30. The Morgan fingerprint density at radius 2 is 2.04 bits per heavy atom. The van der Waals surface area contributed by atoms with Gasteiger partial charge in [0.2, 0.25) is 0 Å². The van der Waals surface area contributed by atoms with Crippen LogP contribution in [-0.4, -0.2) is 18.0 Å². The van der Waals surface area contributed by atoms with Crippen LogP contribution in [-0.2, 0) is 17.6 Å². The molecule has 0 bridgehead atoms. The van der Waals surface area contributed by atoms with E-state index in [4.69, 9.17) is 16.3 Å². The molecule has 0 radical (unpaired) electrons. The second kappa shape index (κ2) is 7.46. The summed E-state index contributed by atoms with van der Waals surface area (Å²) in [5.74, 6) is 0.427. The number of rotatable bonds is 4. The van der Waals surface area contributed by atoms with E-state index in [1.165, 1.54) is 6.40 Å². The average Bonchev–Trinajstić information content (AvgIpc) is 2.61. The summed E-state index contributed by atoms with van der Waals surface area (Å²) in [6.45, 7) is 2.41. The molecule has 5 heteroatoms. The maximum atomic E-state index is 9.74. The minimum atomic E-state index is 0.427. The van der Waals surface area contributed by atoms with Crippen molar-refractivity contribution in [2.24, 2.45) is 4.99 Å². The number of hydrogen-bond acceptors (Lipinski definition) is 4. The molecule has 0 saturated heterocycles. The Hall–Kier alpha value is -2.38. The lowest BCUT2D eigenvalue weighted by molar-refractivity contribution is 0.344. The predicted molar refractivity (Wildman–Crippen MR) is 95.8 cm³/mol. The van der Waals surface area contributed by atoms with Crippen molar-refractivity contribution in [3.63, 3.8) is 0 Å². The summed E-state index contributed by atoms with van der Waals surface area (Å²) in [6, 6.07) is 9.87. The molecule has 0 N–H and O–H groups in total. The maximum Gasteiger partial charge on any atom is 0.176 e. The van der Waals surface area contributed by atoms with E-state index in [1.807, 2.05) is 31.2 Å². The summed E-state index contributed by atoms with van der Waals surface area (Å²) in [7, 11) is 0. The number of hydrogen-bond donors (Lipinski definition) is 0. The van der Waals surface area contributed by atoms with Gasteiger partial charge < -0.3 is 4.74 Å². The second-order valence-corrected chi connectivity index (χ2v) is 6.06. The molecule has 2 aromatic rings. The molecule has 0 fully saturated rings. The van der Waals surface area contributed by atoms with Gasteiger partial charge in [-0.05, 0) is 55.9 Å². The topological polar surface area (TPSA) is 58.3 Å². The zero-order chi connectivity index (χ0) is 16.9. The summed E-state index contributed by atoms with van der Waals surface area (Å²) in [6.07, 6.45) is 5.44. The molecule has 3 rings (SSSR count). The Bertz CT molecular complexity index is 807. The highest BCUT2D eigenvalue weighted by Crippen LogP contribution is 2.37. The molecule has 0 atom stereocenters. The van der Waals surface area contributed by atoms with Gasteiger partial charge in [-0.25, -0.2) is 4.98 Å². The summed E-state index contributed by atoms with van der Waals surface area (Å²) >= 11 is 6.01. The number of aliphatic imine (C=N–C) groups is 1. The van der Waals surface area contributed by atoms with Crippen LogP contribution in [0.5, 0.6) is 0 Å². The van der Waals surface area contributed by atoms with Crippen LogP contribution in [0.25, 0.3) is 11.1 Å². The number of fused-ring (bicyclic) bond motifs is 1. The Kier molecular flexibility index (Phi) is 5.12. The van der Waals surface area contributed by atoms with Gasteiger partial charge in [-0.1, -0.05) is 23.7 Å². The lowest BCUT2D eigenvalue weighted by atomic mass is 9.86. The number of nitriles is 1. The van der Waals surface area contributed by atoms with Gasteiger partial charge in [0.1, 0.15) is 11.6 Å². The molecular weight excluding hydrogens is 322 g/mol. The molecule has 0 spiro atoms. The monoisotopic (exact) mass is 339 g/mol. The number of aromatic nitrogens is 1. The summed E-state index contributed by atoms with van der Waals surface area (Å²) < 4.78 is 5.18. The van der Waals surface area contributed by atoms with E-state index in [-0.39, 0.29) is 0 Å². The highest BCUT2D eigenvalue weighted by atomic mass is 35.5. The van der Waals surface area contributed by atoms with Crippen molar-refractivity contribution in [3.8, 4) is 17.2 Å². The van der Waals surface area contributed by atoms with E-state index in [9.17, 15) is 5.26 Å². The minimum Gasteiger partial charge on any atom is -0.483 e. The van der Waals surface area contributed by atoms with Gasteiger partial charge in [0.25, 0.3) is 0 Å². The SMILES string of the molecule is CCOC=Nc1nc2c(c(-c3ccc(Cl)cc3)c1C#N)CCCC2. The van der Waals surface area contributed by atoms with Gasteiger partial charge in [-0.3, -0.25) is 0 Å². The third-order valence-corrected chi connectivity index (χ3v) is 4.37. The van der Waals surface area contributed by atoms with E-state index in [2.05, 4.69) is 16.0 Å². The molecule has 24 heavy (non-hydrogen) atoms. The second-order valence-electron chi connectivity index (χ2n) is 5.63. The molecule has 0 unspecified atom stereocenters. The van der Waals surface area contributed by atoms with Crippen LogP contribution in [0.1, 0.15) is 36.6 Å². The van der Waals surface area contributed by atoms with E-state index in [1.54, 1.807) is 0 Å². The zero-order valence-corrected chi connectivity index (χ0v) is 14.3. The van der Waals surface area contributed by atoms with Crippen LogP contribution in [0.2, 0.25) is 5.02 Å². The van der Waals surface area contributed by atoms with Gasteiger partial charge >= 0.3 is 0 Å². The van der Waals surface area contributed by atoms with Crippen LogP contribution >= 0.6 is 11.6 Å². The third kappa shape index (κ3) is 3.27. The first-order valence-corrected chi connectivity index (χ1v) is 8.48. The first-order chi connectivity index (χ1) is 11.7. The fourth-order valence-electron chi connectivity index (χ4n) is 3.02. The van der Waals surface area contributed by atoms with Crippen LogP contribution in [0.15, 0.2) is 29.3 Å². The summed E-state index contributed by atoms with van der Waals surface area (Å²) in [5, 5.41) is 10.4. The van der Waals surface area contributed by atoms with Crippen molar-refractivity contribution >= 4 is 23.8 Å². The van der Waals surface area contributed by atoms with Crippen LogP contribution < -0.4 is 0 Å². The van der Waals surface area contributed by atoms with Gasteiger partial charge in [-0.15, -0.1) is 0 Å². The van der Waals surface area contributed by atoms with Crippen LogP contribution in [0, 0.1) is 11.3 Å². The molecule has 1 aromatic heterocycles. The minimum absolute atomic E-state index is 0.427. The number of pyridine rings is 1. The van der Waals surface area contributed by atoms with Crippen molar-refractivity contribution in [3.05, 3.63) is 46.1 Å². The van der Waals surface area contributed by atoms with Gasteiger partial charge in [0.05, 0.1) is 6.61 Å². The van der Waals surface area contributed by atoms with Crippen molar-refractivity contribution in [1.29, 1.82) is 5.26 Å². The van der Waals surface area contributed by atoms with Crippen molar-refractivity contribution in [2.75, 3.05) is 6.61 Å². The van der Waals surface area contributed by atoms with E-state index in [0.29, 0.717) is 23.0 Å². The summed E-state index contributed by atoms with van der Waals surface area (Å²) in [4.78, 5) is 8.90. The Labute approximate surface area is 146 Å². The summed E-state index contributed by atoms with van der Waals surface area (Å²) in [5.41, 5.74) is 4.60. The Morgan fingerprint density at radius 1 is 1.29 bits per heavy atom. The fourth-order valence-corrected chi connectivity index (χ4v) is 3.15. The van der Waals surface area contributed by atoms with Crippen LogP contribution in [0.3, 0.4) is 0 Å². The molecular formula is C19H18ClN3O. The zero-order valence-electron chi connectivity index (χ0n) is 13.6. The molecule has 1 aliphatic rings. The number of nitrogens with zero attached hydrogens (tertiary/aromatic N) is 3. The molecule has 122 valence electrons. The van der Waals surface area contributed by atoms with E-state index < -0.39 is 0 Å². The lowest BCUT2D eigenvalue weighted by Gasteiger charge is -2.21. The molecule has 0 amide bonds. The number of aryl methyl sites for hydroxylation is 1. The van der Waals surface area contributed by atoms with Gasteiger partial charge in [-0.2, -0.15) is 10.3 Å². The van der Waals surface area contributed by atoms with Crippen LogP contribution in [0.4, 0.5) is 5.82 Å². The number of benzene rings is 1. The number of ether oxygens (including phenoxy) is 1. The van der Waals surface area contributed by atoms with E-state index >= 15 is 0 Å². The van der Waals surface area contributed by atoms with Crippen molar-refractivity contribution < 1.29 is 4.74 Å². The maximum absolute atomic E-state index is 9.74. The molecule has 1 aromatic carbocycles. The average molecular weight is 340 g/mol. The molecule has 0 saturated carbocycles. The largest absolute Gasteiger partial charge is 0.483 e. The smallest absolute Gasteiger partial charge is 0.176 e. The molecule has 4 nitrogen and oxygen atoms in total. The lowest BCUT2D eigenvalue weighted by Crippen LogP contribution is -2.09.